The minimum absolute atomic E-state index is 0.506. The van der Waals surface area contributed by atoms with Gasteiger partial charge in [-0.2, -0.15) is 5.26 Å². The molecule has 7 aromatic carbocycles. The number of furan rings is 1. The zero-order chi connectivity index (χ0) is 31.1. The Hall–Kier alpha value is -6.57. The molecule has 0 saturated heterocycles. The molecule has 0 atom stereocenters. The molecule has 0 N–H and O–H groups in total. The fraction of sp³-hybridized carbons (Fsp3) is 0. The van der Waals surface area contributed by atoms with Crippen LogP contribution >= 0.6 is 0 Å². The highest BCUT2D eigenvalue weighted by Gasteiger charge is 2.26. The van der Waals surface area contributed by atoms with E-state index < -0.39 is 0 Å². The van der Waals surface area contributed by atoms with Crippen molar-refractivity contribution in [3.05, 3.63) is 157 Å². The number of nitriles is 1. The van der Waals surface area contributed by atoms with Gasteiger partial charge in [-0.15, -0.1) is 0 Å². The first-order chi connectivity index (χ1) is 23.3. The molecule has 0 spiro atoms. The minimum Gasteiger partial charge on any atom is -0.454 e. The van der Waals surface area contributed by atoms with Crippen molar-refractivity contribution in [1.29, 1.82) is 5.26 Å². The fourth-order valence-corrected chi connectivity index (χ4v) is 7.61. The van der Waals surface area contributed by atoms with E-state index in [9.17, 15) is 5.26 Å². The van der Waals surface area contributed by atoms with E-state index >= 15 is 0 Å². The van der Waals surface area contributed by atoms with Crippen LogP contribution in [0, 0.1) is 11.3 Å². The molecule has 0 radical (unpaired) electrons. The number of hydrogen-bond acceptors (Lipinski definition) is 2. The molecule has 47 heavy (non-hydrogen) atoms. The second kappa shape index (κ2) is 9.71. The predicted molar refractivity (Wildman–Crippen MR) is 193 cm³/mol. The molecule has 3 heterocycles. The molecule has 0 aliphatic rings. The van der Waals surface area contributed by atoms with Crippen LogP contribution in [-0.4, -0.2) is 9.13 Å². The molecule has 0 saturated carbocycles. The first-order valence-electron chi connectivity index (χ1n) is 15.8. The van der Waals surface area contributed by atoms with Crippen molar-refractivity contribution >= 4 is 65.6 Å². The first-order valence-corrected chi connectivity index (χ1v) is 15.8. The van der Waals surface area contributed by atoms with Crippen LogP contribution in [0.2, 0.25) is 0 Å². The number of aromatic nitrogens is 2. The van der Waals surface area contributed by atoms with Gasteiger partial charge < -0.3 is 13.6 Å². The molecule has 10 rings (SSSR count). The van der Waals surface area contributed by atoms with Gasteiger partial charge in [-0.1, -0.05) is 121 Å². The third-order valence-corrected chi connectivity index (χ3v) is 9.57. The lowest BCUT2D eigenvalue weighted by Gasteiger charge is -2.16. The summed E-state index contributed by atoms with van der Waals surface area (Å²) in [6.07, 6.45) is 0. The summed E-state index contributed by atoms with van der Waals surface area (Å²) in [6, 6.07) is 55.3. The molecule has 4 nitrogen and oxygen atoms in total. The summed E-state index contributed by atoms with van der Waals surface area (Å²) in [6.45, 7) is 0. The van der Waals surface area contributed by atoms with E-state index in [0.717, 1.165) is 71.7 Å². The number of fused-ring (bicyclic) bond motifs is 9. The van der Waals surface area contributed by atoms with Crippen LogP contribution in [0.25, 0.3) is 88.1 Å². The molecule has 0 bridgehead atoms. The number of rotatable bonds is 3. The quantitative estimate of drug-likeness (QED) is 0.203. The van der Waals surface area contributed by atoms with E-state index in [0.29, 0.717) is 11.1 Å². The summed E-state index contributed by atoms with van der Waals surface area (Å²) in [4.78, 5) is 0. The summed E-state index contributed by atoms with van der Waals surface area (Å²) < 4.78 is 11.5. The van der Waals surface area contributed by atoms with E-state index in [2.05, 4.69) is 149 Å². The molecule has 0 aliphatic carbocycles. The van der Waals surface area contributed by atoms with Crippen LogP contribution in [0.3, 0.4) is 0 Å². The van der Waals surface area contributed by atoms with Crippen LogP contribution in [-0.2, 0) is 0 Å². The summed E-state index contributed by atoms with van der Waals surface area (Å²) in [7, 11) is 0. The van der Waals surface area contributed by atoms with Crippen LogP contribution in [0.5, 0.6) is 0 Å². The third kappa shape index (κ3) is 3.51. The van der Waals surface area contributed by atoms with Gasteiger partial charge in [-0.05, 0) is 35.9 Å². The Morgan fingerprint density at radius 2 is 0.915 bits per heavy atom. The zero-order valence-corrected chi connectivity index (χ0v) is 25.2. The molecule has 0 amide bonds. The zero-order valence-electron chi connectivity index (χ0n) is 25.2. The Morgan fingerprint density at radius 3 is 1.45 bits per heavy atom. The van der Waals surface area contributed by atoms with Gasteiger partial charge in [0.2, 0.25) is 0 Å². The number of hydrogen-bond donors (Lipinski definition) is 0. The van der Waals surface area contributed by atoms with E-state index in [1.165, 1.54) is 10.8 Å². The lowest BCUT2D eigenvalue weighted by atomic mass is 10.0. The highest BCUT2D eigenvalue weighted by molar-refractivity contribution is 6.18. The summed E-state index contributed by atoms with van der Waals surface area (Å²) in [5, 5.41) is 17.5. The van der Waals surface area contributed by atoms with Crippen molar-refractivity contribution in [3.8, 4) is 28.6 Å². The third-order valence-electron chi connectivity index (χ3n) is 9.57. The SMILES string of the molecule is N#Cc1c(-n2c3ccccc3c3ccccc32)cc(-n2c3ccccc3c3ccccc32)c2c1oc1c(-c3ccccc3)cccc12. The summed E-state index contributed by atoms with van der Waals surface area (Å²) >= 11 is 0. The normalized spacial score (nSPS) is 11.8. The predicted octanol–water partition coefficient (Wildman–Crippen LogP) is 11.3. The van der Waals surface area contributed by atoms with Crippen molar-refractivity contribution < 1.29 is 4.42 Å². The number of nitrogens with zero attached hydrogens (tertiary/aromatic N) is 3. The molecule has 3 aromatic heterocycles. The average Bonchev–Trinajstić information content (AvgIpc) is 3.80. The Balaban J connectivity index is 1.45. The second-order valence-electron chi connectivity index (χ2n) is 12.0. The van der Waals surface area contributed by atoms with Gasteiger partial charge in [0.05, 0.1) is 38.8 Å². The van der Waals surface area contributed by atoms with Crippen LogP contribution in [0.15, 0.2) is 156 Å². The molecule has 10 aromatic rings. The first kappa shape index (κ1) is 25.7. The molecular weight excluding hydrogens is 574 g/mol. The highest BCUT2D eigenvalue weighted by Crippen LogP contribution is 2.45. The van der Waals surface area contributed by atoms with E-state index in [1.807, 2.05) is 18.2 Å². The van der Waals surface area contributed by atoms with Crippen LogP contribution in [0.1, 0.15) is 5.56 Å². The Kier molecular flexibility index (Phi) is 5.32. The minimum atomic E-state index is 0.506. The Labute approximate surface area is 269 Å². The van der Waals surface area contributed by atoms with Crippen molar-refractivity contribution in [1.82, 2.24) is 9.13 Å². The van der Waals surface area contributed by atoms with Gasteiger partial charge in [0.15, 0.2) is 5.58 Å². The number of benzene rings is 7. The maximum atomic E-state index is 11.0. The maximum absolute atomic E-state index is 11.0. The molecule has 218 valence electrons. The smallest absolute Gasteiger partial charge is 0.157 e. The average molecular weight is 600 g/mol. The van der Waals surface area contributed by atoms with E-state index in [-0.39, 0.29) is 0 Å². The Bertz CT molecular complexity index is 2810. The topological polar surface area (TPSA) is 46.8 Å². The molecule has 4 heteroatoms. The monoisotopic (exact) mass is 599 g/mol. The van der Waals surface area contributed by atoms with Gasteiger partial charge in [0.25, 0.3) is 0 Å². The Morgan fingerprint density at radius 1 is 0.447 bits per heavy atom. The van der Waals surface area contributed by atoms with Gasteiger partial charge >= 0.3 is 0 Å². The standard InChI is InChI=1S/C43H25N3O/c44-26-34-39(45-35-21-8-4-15-29(35)30-16-5-9-22-36(30)45)25-40(46-37-23-10-6-17-31(37)32-18-7-11-24-38(32)46)41-33-20-12-19-28(42(33)47-43(34)41)27-13-2-1-3-14-27/h1-25H. The van der Waals surface area contributed by atoms with Crippen molar-refractivity contribution in [2.45, 2.75) is 0 Å². The van der Waals surface area contributed by atoms with E-state index in [1.54, 1.807) is 0 Å². The molecule has 0 aliphatic heterocycles. The molecule has 0 unspecified atom stereocenters. The second-order valence-corrected chi connectivity index (χ2v) is 12.0. The fourth-order valence-electron chi connectivity index (χ4n) is 7.61. The maximum Gasteiger partial charge on any atom is 0.157 e. The van der Waals surface area contributed by atoms with Crippen LogP contribution < -0.4 is 0 Å². The lowest BCUT2D eigenvalue weighted by molar-refractivity contribution is 0.668. The van der Waals surface area contributed by atoms with Gasteiger partial charge in [-0.3, -0.25) is 0 Å². The lowest BCUT2D eigenvalue weighted by Crippen LogP contribution is -2.02. The van der Waals surface area contributed by atoms with Crippen molar-refractivity contribution in [2.75, 3.05) is 0 Å². The van der Waals surface area contributed by atoms with Crippen molar-refractivity contribution in [3.63, 3.8) is 0 Å². The molecular formula is C43H25N3O. The van der Waals surface area contributed by atoms with Gasteiger partial charge in [-0.25, -0.2) is 0 Å². The van der Waals surface area contributed by atoms with E-state index in [4.69, 9.17) is 4.42 Å². The van der Waals surface area contributed by atoms with Gasteiger partial charge in [0, 0.05) is 32.5 Å². The number of para-hydroxylation sites is 5. The van der Waals surface area contributed by atoms with Crippen LogP contribution in [0.4, 0.5) is 0 Å². The largest absolute Gasteiger partial charge is 0.454 e. The summed E-state index contributed by atoms with van der Waals surface area (Å²) in [5.41, 5.74) is 9.96. The molecule has 0 fully saturated rings. The highest BCUT2D eigenvalue weighted by atomic mass is 16.3. The van der Waals surface area contributed by atoms with Crippen molar-refractivity contribution in [2.24, 2.45) is 0 Å². The van der Waals surface area contributed by atoms with Gasteiger partial charge in [0.1, 0.15) is 17.2 Å². The summed E-state index contributed by atoms with van der Waals surface area (Å²) in [5.74, 6) is 0.